The highest BCUT2D eigenvalue weighted by Crippen LogP contribution is 2.21. The van der Waals surface area contributed by atoms with Gasteiger partial charge in [0.2, 0.25) is 0 Å². The number of carbonyl (C=O) groups excluding carboxylic acids is 1. The van der Waals surface area contributed by atoms with E-state index in [4.69, 9.17) is 11.6 Å². The Morgan fingerprint density at radius 2 is 1.95 bits per heavy atom. The molecule has 1 atom stereocenters. The Labute approximate surface area is 129 Å². The summed E-state index contributed by atoms with van der Waals surface area (Å²) in [5.74, 6) is -0.0704. The minimum atomic E-state index is -1.23. The molecule has 1 heterocycles. The number of hydrogen-bond donors (Lipinski definition) is 1. The van der Waals surface area contributed by atoms with Gasteiger partial charge < -0.3 is 5.32 Å². The van der Waals surface area contributed by atoms with Gasteiger partial charge in [0, 0.05) is 13.3 Å². The maximum atomic E-state index is 12.3. The molecule has 1 aromatic heterocycles. The third-order valence-electron chi connectivity index (χ3n) is 2.75. The number of carbonyl (C=O) groups is 1. The van der Waals surface area contributed by atoms with Gasteiger partial charge in [-0.05, 0) is 24.3 Å². The van der Waals surface area contributed by atoms with E-state index in [1.807, 2.05) is 0 Å². The van der Waals surface area contributed by atoms with E-state index in [0.29, 0.717) is 17.1 Å². The van der Waals surface area contributed by atoms with Crippen LogP contribution in [-0.2, 0) is 11.0 Å². The van der Waals surface area contributed by atoms with E-state index in [-0.39, 0.29) is 11.1 Å². The van der Waals surface area contributed by atoms with Gasteiger partial charge in [-0.25, -0.2) is 4.21 Å². The van der Waals surface area contributed by atoms with Crippen molar-refractivity contribution in [2.75, 3.05) is 22.9 Å². The SMILES string of the molecule is CN(c1ccccc1C(=O)Nc1ccc(Cl)nn1)S(C)=O. The van der Waals surface area contributed by atoms with Crippen LogP contribution in [0, 0.1) is 0 Å². The second-order valence-electron chi connectivity index (χ2n) is 4.13. The maximum Gasteiger partial charge on any atom is 0.259 e. The summed E-state index contributed by atoms with van der Waals surface area (Å²) >= 11 is 5.64. The molecule has 2 rings (SSSR count). The van der Waals surface area contributed by atoms with Gasteiger partial charge in [0.25, 0.3) is 5.91 Å². The molecule has 6 nitrogen and oxygen atoms in total. The predicted octanol–water partition coefficient (Wildman–Crippen LogP) is 2.11. The highest BCUT2D eigenvalue weighted by molar-refractivity contribution is 7.85. The van der Waals surface area contributed by atoms with Crippen molar-refractivity contribution in [3.63, 3.8) is 0 Å². The van der Waals surface area contributed by atoms with E-state index >= 15 is 0 Å². The van der Waals surface area contributed by atoms with Crippen LogP contribution in [0.5, 0.6) is 0 Å². The van der Waals surface area contributed by atoms with Crippen molar-refractivity contribution >= 4 is 40.0 Å². The fourth-order valence-electron chi connectivity index (χ4n) is 1.65. The number of nitrogens with zero attached hydrogens (tertiary/aromatic N) is 3. The number of aromatic nitrogens is 2. The van der Waals surface area contributed by atoms with E-state index in [0.717, 1.165) is 0 Å². The second kappa shape index (κ2) is 6.64. The first-order valence-corrected chi connectivity index (χ1v) is 7.85. The molecule has 0 saturated carbocycles. The zero-order chi connectivity index (χ0) is 15.4. The highest BCUT2D eigenvalue weighted by atomic mass is 35.5. The minimum Gasteiger partial charge on any atom is -0.305 e. The Morgan fingerprint density at radius 3 is 2.57 bits per heavy atom. The number of amides is 1. The van der Waals surface area contributed by atoms with Crippen molar-refractivity contribution in [1.82, 2.24) is 10.2 Å². The summed E-state index contributed by atoms with van der Waals surface area (Å²) < 4.78 is 13.1. The molecule has 21 heavy (non-hydrogen) atoms. The lowest BCUT2D eigenvalue weighted by Crippen LogP contribution is -2.23. The molecular weight excluding hydrogens is 312 g/mol. The van der Waals surface area contributed by atoms with Gasteiger partial charge in [-0.15, -0.1) is 10.2 Å². The molecule has 0 spiro atoms. The number of anilines is 2. The van der Waals surface area contributed by atoms with Crippen LogP contribution >= 0.6 is 11.6 Å². The van der Waals surface area contributed by atoms with Crippen molar-refractivity contribution in [2.45, 2.75) is 0 Å². The molecule has 1 unspecified atom stereocenters. The lowest BCUT2D eigenvalue weighted by atomic mass is 10.1. The van der Waals surface area contributed by atoms with Crippen molar-refractivity contribution in [1.29, 1.82) is 0 Å². The van der Waals surface area contributed by atoms with Crippen molar-refractivity contribution < 1.29 is 9.00 Å². The largest absolute Gasteiger partial charge is 0.305 e. The first-order chi connectivity index (χ1) is 9.99. The van der Waals surface area contributed by atoms with Crippen LogP contribution in [0.2, 0.25) is 5.15 Å². The molecule has 1 aromatic carbocycles. The number of halogens is 1. The summed E-state index contributed by atoms with van der Waals surface area (Å²) in [4.78, 5) is 12.3. The fraction of sp³-hybridized carbons (Fsp3) is 0.154. The van der Waals surface area contributed by atoms with Gasteiger partial charge in [-0.1, -0.05) is 23.7 Å². The maximum absolute atomic E-state index is 12.3. The predicted molar refractivity (Wildman–Crippen MR) is 83.9 cm³/mol. The average Bonchev–Trinajstić information content (AvgIpc) is 2.48. The Morgan fingerprint density at radius 1 is 1.24 bits per heavy atom. The fourth-order valence-corrected chi connectivity index (χ4v) is 2.18. The molecule has 0 aliphatic rings. The number of nitrogens with one attached hydrogen (secondary N) is 1. The van der Waals surface area contributed by atoms with Crippen molar-refractivity contribution in [3.8, 4) is 0 Å². The molecule has 0 fully saturated rings. The second-order valence-corrected chi connectivity index (χ2v) is 5.92. The molecule has 0 aliphatic carbocycles. The van der Waals surface area contributed by atoms with Gasteiger partial charge in [-0.3, -0.25) is 9.10 Å². The average molecular weight is 325 g/mol. The van der Waals surface area contributed by atoms with Crippen molar-refractivity contribution in [2.24, 2.45) is 0 Å². The molecule has 1 amide bonds. The standard InChI is InChI=1S/C13H13ClN4O2S/c1-18(21(2)20)10-6-4-3-5-9(10)13(19)15-12-8-7-11(14)16-17-12/h3-8H,1-2H3,(H,15,17,19). The molecule has 1 N–H and O–H groups in total. The molecule has 8 heteroatoms. The van der Waals surface area contributed by atoms with Gasteiger partial charge >= 0.3 is 0 Å². The molecule has 0 radical (unpaired) electrons. The van der Waals surface area contributed by atoms with Crippen LogP contribution in [0.4, 0.5) is 11.5 Å². The lowest BCUT2D eigenvalue weighted by Gasteiger charge is -2.18. The Hall–Kier alpha value is -1.99. The smallest absolute Gasteiger partial charge is 0.259 e. The number of hydrogen-bond acceptors (Lipinski definition) is 4. The number of para-hydroxylation sites is 1. The third-order valence-corrected chi connectivity index (χ3v) is 3.92. The Balaban J connectivity index is 2.27. The summed E-state index contributed by atoms with van der Waals surface area (Å²) in [6.45, 7) is 0. The van der Waals surface area contributed by atoms with Crippen LogP contribution in [0.3, 0.4) is 0 Å². The topological polar surface area (TPSA) is 75.2 Å². The normalized spacial score (nSPS) is 11.8. The van der Waals surface area contributed by atoms with Crippen LogP contribution in [0.25, 0.3) is 0 Å². The van der Waals surface area contributed by atoms with Gasteiger partial charge in [0.05, 0.1) is 11.3 Å². The minimum absolute atomic E-state index is 0.245. The van der Waals surface area contributed by atoms with Crippen LogP contribution in [0.1, 0.15) is 10.4 Å². The summed E-state index contributed by atoms with van der Waals surface area (Å²) in [6.07, 6.45) is 1.54. The van der Waals surface area contributed by atoms with E-state index in [1.165, 1.54) is 10.4 Å². The first-order valence-electron chi connectivity index (χ1n) is 5.96. The molecule has 0 aliphatic heterocycles. The quantitative estimate of drug-likeness (QED) is 0.934. The Kier molecular flexibility index (Phi) is 4.87. The van der Waals surface area contributed by atoms with Crippen LogP contribution < -0.4 is 9.62 Å². The van der Waals surface area contributed by atoms with Gasteiger partial charge in [0.15, 0.2) is 11.0 Å². The highest BCUT2D eigenvalue weighted by Gasteiger charge is 2.16. The van der Waals surface area contributed by atoms with Gasteiger partial charge in [-0.2, -0.15) is 0 Å². The van der Waals surface area contributed by atoms with E-state index in [9.17, 15) is 9.00 Å². The molecular formula is C13H13ClN4O2S. The Bertz CT molecular complexity index is 678. The van der Waals surface area contributed by atoms with Crippen LogP contribution in [-0.4, -0.2) is 33.6 Å². The third kappa shape index (κ3) is 3.77. The molecule has 2 aromatic rings. The molecule has 110 valence electrons. The summed E-state index contributed by atoms with van der Waals surface area (Å²) in [5.41, 5.74) is 0.963. The summed E-state index contributed by atoms with van der Waals surface area (Å²) in [5, 5.41) is 10.3. The first kappa shape index (κ1) is 15.4. The summed E-state index contributed by atoms with van der Waals surface area (Å²) in [7, 11) is 0.427. The van der Waals surface area contributed by atoms with Crippen LogP contribution in [0.15, 0.2) is 36.4 Å². The number of rotatable bonds is 4. The molecule has 0 saturated heterocycles. The van der Waals surface area contributed by atoms with Gasteiger partial charge in [0.1, 0.15) is 11.0 Å². The van der Waals surface area contributed by atoms with E-state index < -0.39 is 11.0 Å². The van der Waals surface area contributed by atoms with E-state index in [2.05, 4.69) is 15.5 Å². The summed E-state index contributed by atoms with van der Waals surface area (Å²) in [6, 6.07) is 9.97. The van der Waals surface area contributed by atoms with E-state index in [1.54, 1.807) is 43.6 Å². The monoisotopic (exact) mass is 324 g/mol. The molecule has 0 bridgehead atoms. The number of benzene rings is 1. The zero-order valence-electron chi connectivity index (χ0n) is 11.4. The van der Waals surface area contributed by atoms with Crippen molar-refractivity contribution in [3.05, 3.63) is 47.1 Å². The zero-order valence-corrected chi connectivity index (χ0v) is 13.0. The lowest BCUT2D eigenvalue weighted by molar-refractivity contribution is 0.102.